The Morgan fingerprint density at radius 2 is 1.87 bits per heavy atom. The minimum atomic E-state index is -0.260. The summed E-state index contributed by atoms with van der Waals surface area (Å²) in [6.45, 7) is 5.77. The molecular formula is C22H23N7O. The summed E-state index contributed by atoms with van der Waals surface area (Å²) in [7, 11) is 0. The first-order chi connectivity index (χ1) is 14.6. The van der Waals surface area contributed by atoms with Crippen molar-refractivity contribution in [2.24, 2.45) is 5.10 Å². The van der Waals surface area contributed by atoms with Gasteiger partial charge in [-0.25, -0.2) is 15.4 Å². The second kappa shape index (κ2) is 8.79. The molecule has 3 aromatic rings. The molecule has 4 rings (SSSR count). The Morgan fingerprint density at radius 3 is 2.63 bits per heavy atom. The number of hydrogen-bond acceptors (Lipinski definition) is 6. The fourth-order valence-corrected chi connectivity index (χ4v) is 3.49. The van der Waals surface area contributed by atoms with Crippen LogP contribution in [-0.2, 0) is 17.8 Å². The van der Waals surface area contributed by atoms with Gasteiger partial charge in [-0.05, 0) is 67.8 Å². The number of H-pyrrole nitrogens is 1. The molecule has 0 aliphatic carbocycles. The van der Waals surface area contributed by atoms with Crippen LogP contribution in [0.25, 0.3) is 6.08 Å². The number of hydrogen-bond donors (Lipinski definition) is 3. The van der Waals surface area contributed by atoms with Gasteiger partial charge in [-0.15, -0.1) is 0 Å². The predicted molar refractivity (Wildman–Crippen MR) is 115 cm³/mol. The molecule has 0 aromatic carbocycles. The molecule has 1 aliphatic heterocycles. The quantitative estimate of drug-likeness (QED) is 0.415. The number of aryl methyl sites for hydroxylation is 1. The van der Waals surface area contributed by atoms with Gasteiger partial charge in [0, 0.05) is 42.7 Å². The largest absolute Gasteiger partial charge is 0.359 e. The first kappa shape index (κ1) is 19.7. The van der Waals surface area contributed by atoms with Crippen molar-refractivity contribution < 1.29 is 4.79 Å². The van der Waals surface area contributed by atoms with Gasteiger partial charge >= 0.3 is 0 Å². The zero-order chi connectivity index (χ0) is 20.9. The number of carbonyl (C=O) groups excluding carboxylic acids is 1. The monoisotopic (exact) mass is 401 g/mol. The minimum absolute atomic E-state index is 0.260. The Hall–Kier alpha value is -3.65. The number of aromatic nitrogens is 4. The van der Waals surface area contributed by atoms with Crippen LogP contribution in [0.1, 0.15) is 33.9 Å². The number of amides is 1. The third-order valence-electron chi connectivity index (χ3n) is 5.10. The number of nitrogens with zero attached hydrogens (tertiary/aromatic N) is 4. The summed E-state index contributed by atoms with van der Waals surface area (Å²) in [6.07, 6.45) is 9.58. The first-order valence-corrected chi connectivity index (χ1v) is 9.78. The highest BCUT2D eigenvalue weighted by atomic mass is 16.2. The van der Waals surface area contributed by atoms with Gasteiger partial charge in [0.15, 0.2) is 5.82 Å². The number of aromatic amines is 1. The lowest BCUT2D eigenvalue weighted by atomic mass is 10.0. The standard InChI is InChI=1S/C22H23N7O/c1-14-17(6-11-24-13-16-4-9-23-10-5-16)15(2)27-19(14)12-18-20(28-29-22(18)30)21-25-7-3-8-26-21/h3-5,7-10,12,24,27H,6,11,13H2,1-2H3,(H,29,30). The normalized spacial score (nSPS) is 14.8. The van der Waals surface area contributed by atoms with E-state index >= 15 is 0 Å². The summed E-state index contributed by atoms with van der Waals surface area (Å²) in [6, 6.07) is 5.74. The molecule has 4 heterocycles. The van der Waals surface area contributed by atoms with Crippen LogP contribution >= 0.6 is 0 Å². The van der Waals surface area contributed by atoms with Gasteiger partial charge in [0.1, 0.15) is 5.71 Å². The molecule has 0 fully saturated rings. The van der Waals surface area contributed by atoms with Gasteiger partial charge in [-0.2, -0.15) is 5.10 Å². The van der Waals surface area contributed by atoms with Crippen LogP contribution in [0.2, 0.25) is 0 Å². The Kier molecular flexibility index (Phi) is 5.76. The van der Waals surface area contributed by atoms with Crippen LogP contribution < -0.4 is 10.7 Å². The van der Waals surface area contributed by atoms with E-state index in [0.717, 1.165) is 36.5 Å². The highest BCUT2D eigenvalue weighted by Crippen LogP contribution is 2.23. The lowest BCUT2D eigenvalue weighted by Crippen LogP contribution is -2.17. The number of rotatable bonds is 7. The molecule has 0 saturated heterocycles. The SMILES string of the molecule is Cc1[nH]c(C=C2C(=O)NN=C2c2ncccn2)c(C)c1CCNCc1ccncc1. The molecule has 0 bridgehead atoms. The summed E-state index contributed by atoms with van der Waals surface area (Å²) >= 11 is 0. The van der Waals surface area contributed by atoms with E-state index in [1.807, 2.05) is 18.2 Å². The van der Waals surface area contributed by atoms with Crippen LogP contribution in [0, 0.1) is 13.8 Å². The van der Waals surface area contributed by atoms with E-state index in [1.165, 1.54) is 11.1 Å². The molecule has 0 unspecified atom stereocenters. The zero-order valence-corrected chi connectivity index (χ0v) is 16.9. The third-order valence-corrected chi connectivity index (χ3v) is 5.10. The average molecular weight is 401 g/mol. The molecule has 1 amide bonds. The van der Waals surface area contributed by atoms with Crippen molar-refractivity contribution in [2.75, 3.05) is 6.54 Å². The molecule has 0 spiro atoms. The van der Waals surface area contributed by atoms with Crippen LogP contribution in [0.3, 0.4) is 0 Å². The molecule has 30 heavy (non-hydrogen) atoms. The fraction of sp³-hybridized carbons (Fsp3) is 0.227. The number of pyridine rings is 1. The smallest absolute Gasteiger partial charge is 0.273 e. The van der Waals surface area contributed by atoms with Crippen LogP contribution in [0.5, 0.6) is 0 Å². The van der Waals surface area contributed by atoms with Crippen LogP contribution in [-0.4, -0.2) is 38.1 Å². The maximum absolute atomic E-state index is 12.3. The third kappa shape index (κ3) is 4.18. The second-order valence-corrected chi connectivity index (χ2v) is 7.08. The van der Waals surface area contributed by atoms with Gasteiger partial charge in [0.05, 0.1) is 5.57 Å². The highest BCUT2D eigenvalue weighted by molar-refractivity contribution is 6.32. The van der Waals surface area contributed by atoms with E-state index in [4.69, 9.17) is 0 Å². The zero-order valence-electron chi connectivity index (χ0n) is 16.9. The summed E-state index contributed by atoms with van der Waals surface area (Å²) in [4.78, 5) is 28.2. The van der Waals surface area contributed by atoms with Gasteiger partial charge in [0.25, 0.3) is 5.91 Å². The van der Waals surface area contributed by atoms with Crippen molar-refractivity contribution in [3.8, 4) is 0 Å². The Labute approximate surface area is 174 Å². The van der Waals surface area contributed by atoms with Crippen molar-refractivity contribution in [1.82, 2.24) is 30.7 Å². The summed E-state index contributed by atoms with van der Waals surface area (Å²) in [5.41, 5.74) is 8.98. The van der Waals surface area contributed by atoms with Crippen LogP contribution in [0.15, 0.2) is 53.7 Å². The summed E-state index contributed by atoms with van der Waals surface area (Å²) in [5, 5.41) is 7.57. The minimum Gasteiger partial charge on any atom is -0.359 e. The van der Waals surface area contributed by atoms with E-state index in [9.17, 15) is 4.79 Å². The van der Waals surface area contributed by atoms with E-state index in [0.29, 0.717) is 17.1 Å². The van der Waals surface area contributed by atoms with Gasteiger partial charge < -0.3 is 10.3 Å². The fourth-order valence-electron chi connectivity index (χ4n) is 3.49. The topological polar surface area (TPSA) is 108 Å². The lowest BCUT2D eigenvalue weighted by Gasteiger charge is -2.06. The van der Waals surface area contributed by atoms with Gasteiger partial charge in [-0.1, -0.05) is 0 Å². The molecule has 1 aliphatic rings. The average Bonchev–Trinajstić information content (AvgIpc) is 3.26. The van der Waals surface area contributed by atoms with Crippen LogP contribution in [0.4, 0.5) is 0 Å². The van der Waals surface area contributed by atoms with E-state index < -0.39 is 0 Å². The predicted octanol–water partition coefficient (Wildman–Crippen LogP) is 2.07. The molecule has 0 saturated carbocycles. The first-order valence-electron chi connectivity index (χ1n) is 9.78. The van der Waals surface area contributed by atoms with Crippen molar-refractivity contribution in [3.63, 3.8) is 0 Å². The molecule has 0 atom stereocenters. The summed E-state index contributed by atoms with van der Waals surface area (Å²) in [5.74, 6) is 0.160. The molecular weight excluding hydrogens is 378 g/mol. The Balaban J connectivity index is 1.49. The van der Waals surface area contributed by atoms with Crippen molar-refractivity contribution >= 4 is 17.7 Å². The van der Waals surface area contributed by atoms with E-state index in [1.54, 1.807) is 30.9 Å². The molecule has 8 nitrogen and oxygen atoms in total. The Bertz CT molecular complexity index is 1100. The van der Waals surface area contributed by atoms with E-state index in [-0.39, 0.29) is 5.91 Å². The number of nitrogens with one attached hydrogen (secondary N) is 3. The van der Waals surface area contributed by atoms with Crippen molar-refractivity contribution in [3.05, 3.63) is 82.5 Å². The Morgan fingerprint density at radius 1 is 1.10 bits per heavy atom. The molecule has 8 heteroatoms. The maximum Gasteiger partial charge on any atom is 0.273 e. The molecule has 3 N–H and O–H groups in total. The molecule has 3 aromatic heterocycles. The highest BCUT2D eigenvalue weighted by Gasteiger charge is 2.26. The lowest BCUT2D eigenvalue weighted by molar-refractivity contribution is -0.116. The maximum atomic E-state index is 12.3. The number of carbonyl (C=O) groups is 1. The van der Waals surface area contributed by atoms with Crippen molar-refractivity contribution in [2.45, 2.75) is 26.8 Å². The second-order valence-electron chi connectivity index (χ2n) is 7.08. The van der Waals surface area contributed by atoms with E-state index in [2.05, 4.69) is 49.6 Å². The number of hydrazone groups is 1. The van der Waals surface area contributed by atoms with Crippen molar-refractivity contribution in [1.29, 1.82) is 0 Å². The van der Waals surface area contributed by atoms with Gasteiger partial charge in [0.2, 0.25) is 0 Å². The van der Waals surface area contributed by atoms with Gasteiger partial charge in [-0.3, -0.25) is 9.78 Å². The molecule has 0 radical (unpaired) electrons. The summed E-state index contributed by atoms with van der Waals surface area (Å²) < 4.78 is 0. The molecule has 152 valence electrons.